The summed E-state index contributed by atoms with van der Waals surface area (Å²) in [7, 11) is 1.69. The molecule has 1 aromatic heterocycles. The van der Waals surface area contributed by atoms with Gasteiger partial charge in [-0.25, -0.2) is 9.78 Å². The number of aldehydes is 1. The number of carbonyl (C=O) groups excluding carboxylic acids is 1. The number of rotatable bonds is 4. The molecular weight excluding hydrogens is 292 g/mol. The quantitative estimate of drug-likeness (QED) is 0.820. The maximum atomic E-state index is 10.8. The average molecular weight is 316 g/mol. The van der Waals surface area contributed by atoms with Crippen molar-refractivity contribution in [2.24, 2.45) is 0 Å². The molecule has 2 rings (SSSR count). The number of carboxylic acids is 1. The molecule has 0 unspecified atom stereocenters. The van der Waals surface area contributed by atoms with E-state index in [0.29, 0.717) is 17.1 Å². The minimum Gasteiger partial charge on any atom is -0.478 e. The largest absolute Gasteiger partial charge is 0.478 e. The molecule has 1 heterocycles. The lowest BCUT2D eigenvalue weighted by molar-refractivity contribution is 0.0696. The van der Waals surface area contributed by atoms with E-state index in [4.69, 9.17) is 5.11 Å². The third-order valence-corrected chi connectivity index (χ3v) is 2.72. The van der Waals surface area contributed by atoms with Gasteiger partial charge in [-0.15, -0.1) is 0 Å². The van der Waals surface area contributed by atoms with Gasteiger partial charge in [0.2, 0.25) is 0 Å². The molecule has 0 radical (unpaired) electrons. The lowest BCUT2D eigenvalue weighted by Gasteiger charge is -2.07. The summed E-state index contributed by atoms with van der Waals surface area (Å²) in [6.45, 7) is 8.00. The Morgan fingerprint density at radius 3 is 2.04 bits per heavy atom. The van der Waals surface area contributed by atoms with Crippen molar-refractivity contribution in [2.45, 2.75) is 27.7 Å². The first kappa shape index (κ1) is 20.3. The molecule has 0 aliphatic heterocycles. The van der Waals surface area contributed by atoms with Crippen LogP contribution in [0, 0.1) is 0 Å². The molecule has 0 amide bonds. The van der Waals surface area contributed by atoms with E-state index < -0.39 is 5.97 Å². The van der Waals surface area contributed by atoms with Gasteiger partial charge < -0.3 is 10.4 Å². The minimum atomic E-state index is -0.966. The molecule has 23 heavy (non-hydrogen) atoms. The number of hydrogen-bond acceptors (Lipinski definition) is 4. The number of aromatic nitrogens is 1. The highest BCUT2D eigenvalue weighted by Crippen LogP contribution is 2.21. The Hall–Kier alpha value is -2.69. The summed E-state index contributed by atoms with van der Waals surface area (Å²) in [5.41, 5.74) is 2.17. The van der Waals surface area contributed by atoms with Crippen LogP contribution >= 0.6 is 0 Å². The van der Waals surface area contributed by atoms with Crippen LogP contribution < -0.4 is 5.32 Å². The van der Waals surface area contributed by atoms with Gasteiger partial charge in [-0.2, -0.15) is 0 Å². The first-order valence-electron chi connectivity index (χ1n) is 7.63. The number of anilines is 1. The van der Waals surface area contributed by atoms with Gasteiger partial charge in [0.05, 0.1) is 16.8 Å². The van der Waals surface area contributed by atoms with Gasteiger partial charge >= 0.3 is 5.97 Å². The fourth-order valence-electron chi connectivity index (χ4n) is 1.71. The Morgan fingerprint density at radius 2 is 1.61 bits per heavy atom. The molecule has 0 bridgehead atoms. The molecule has 0 fully saturated rings. The zero-order chi connectivity index (χ0) is 17.8. The van der Waals surface area contributed by atoms with Crippen molar-refractivity contribution in [2.75, 3.05) is 12.4 Å². The number of nitrogens with zero attached hydrogens (tertiary/aromatic N) is 1. The van der Waals surface area contributed by atoms with E-state index in [0.717, 1.165) is 11.8 Å². The van der Waals surface area contributed by atoms with Gasteiger partial charge in [0.25, 0.3) is 0 Å². The maximum absolute atomic E-state index is 10.8. The summed E-state index contributed by atoms with van der Waals surface area (Å²) in [5.74, 6) is -0.471. The Bertz CT molecular complexity index is 623. The zero-order valence-corrected chi connectivity index (χ0v) is 14.3. The monoisotopic (exact) mass is 316 g/mol. The molecule has 0 atom stereocenters. The van der Waals surface area contributed by atoms with Gasteiger partial charge in [0.15, 0.2) is 6.29 Å². The normalized spacial score (nSPS) is 8.74. The van der Waals surface area contributed by atoms with E-state index in [1.54, 1.807) is 31.3 Å². The third-order valence-electron chi connectivity index (χ3n) is 2.72. The smallest absolute Gasteiger partial charge is 0.335 e. The Labute approximate surface area is 137 Å². The highest BCUT2D eigenvalue weighted by molar-refractivity contribution is 5.88. The molecule has 0 saturated heterocycles. The molecule has 0 spiro atoms. The van der Waals surface area contributed by atoms with Gasteiger partial charge in [-0.3, -0.25) is 4.79 Å². The molecular formula is C18H24N2O3. The predicted molar refractivity (Wildman–Crippen MR) is 94.3 cm³/mol. The van der Waals surface area contributed by atoms with Crippen LogP contribution in [0.4, 0.5) is 5.82 Å². The SMILES string of the molecule is CC.CC.CNc1nc(-c2ccc(C(=O)O)cc2)ccc1C=O. The van der Waals surface area contributed by atoms with E-state index in [2.05, 4.69) is 10.3 Å². The van der Waals surface area contributed by atoms with Crippen LogP contribution in [-0.2, 0) is 0 Å². The number of aromatic carboxylic acids is 1. The summed E-state index contributed by atoms with van der Waals surface area (Å²) in [5, 5.41) is 11.7. The molecule has 0 aliphatic rings. The minimum absolute atomic E-state index is 0.224. The van der Waals surface area contributed by atoms with Crippen molar-refractivity contribution >= 4 is 18.1 Å². The van der Waals surface area contributed by atoms with Crippen LogP contribution in [0.25, 0.3) is 11.3 Å². The summed E-state index contributed by atoms with van der Waals surface area (Å²) >= 11 is 0. The second-order valence-corrected chi connectivity index (χ2v) is 3.88. The Balaban J connectivity index is 0.00000112. The number of carbonyl (C=O) groups is 2. The number of benzene rings is 1. The molecule has 0 aliphatic carbocycles. The Kier molecular flexibility index (Phi) is 9.67. The van der Waals surface area contributed by atoms with E-state index in [-0.39, 0.29) is 5.56 Å². The lowest BCUT2D eigenvalue weighted by Crippen LogP contribution is -1.99. The molecule has 5 heteroatoms. The van der Waals surface area contributed by atoms with Crippen molar-refractivity contribution in [1.29, 1.82) is 0 Å². The van der Waals surface area contributed by atoms with Gasteiger partial charge in [-0.05, 0) is 24.3 Å². The van der Waals surface area contributed by atoms with Crippen molar-refractivity contribution in [3.05, 3.63) is 47.5 Å². The maximum Gasteiger partial charge on any atom is 0.335 e. The first-order chi connectivity index (χ1) is 11.2. The fourth-order valence-corrected chi connectivity index (χ4v) is 1.71. The molecule has 5 nitrogen and oxygen atoms in total. The summed E-state index contributed by atoms with van der Waals surface area (Å²) in [6.07, 6.45) is 0.732. The highest BCUT2D eigenvalue weighted by atomic mass is 16.4. The summed E-state index contributed by atoms with van der Waals surface area (Å²) in [4.78, 5) is 25.9. The zero-order valence-electron chi connectivity index (χ0n) is 14.3. The lowest BCUT2D eigenvalue weighted by atomic mass is 10.1. The highest BCUT2D eigenvalue weighted by Gasteiger charge is 2.07. The second-order valence-electron chi connectivity index (χ2n) is 3.88. The average Bonchev–Trinajstić information content (AvgIpc) is 2.64. The van der Waals surface area contributed by atoms with E-state index in [1.807, 2.05) is 27.7 Å². The van der Waals surface area contributed by atoms with Crippen LogP contribution in [0.5, 0.6) is 0 Å². The van der Waals surface area contributed by atoms with Gasteiger partial charge in [0.1, 0.15) is 5.82 Å². The predicted octanol–water partition coefficient (Wildman–Crippen LogP) is 4.35. The Morgan fingerprint density at radius 1 is 1.04 bits per heavy atom. The topological polar surface area (TPSA) is 79.3 Å². The van der Waals surface area contributed by atoms with E-state index >= 15 is 0 Å². The first-order valence-corrected chi connectivity index (χ1v) is 7.63. The van der Waals surface area contributed by atoms with E-state index in [1.165, 1.54) is 12.1 Å². The standard InChI is InChI=1S/C14H12N2O3.2C2H6/c1-15-13-11(8-17)6-7-12(16-13)9-2-4-10(5-3-9)14(18)19;2*1-2/h2-8H,1H3,(H,15,16)(H,18,19);2*1-2H3. The summed E-state index contributed by atoms with van der Waals surface area (Å²) < 4.78 is 0. The number of hydrogen-bond donors (Lipinski definition) is 2. The molecule has 2 N–H and O–H groups in total. The number of nitrogens with one attached hydrogen (secondary N) is 1. The fraction of sp³-hybridized carbons (Fsp3) is 0.278. The van der Waals surface area contributed by atoms with Crippen LogP contribution in [0.3, 0.4) is 0 Å². The third kappa shape index (κ3) is 5.54. The van der Waals surface area contributed by atoms with Crippen LogP contribution in [0.2, 0.25) is 0 Å². The molecule has 1 aromatic carbocycles. The molecule has 2 aromatic rings. The van der Waals surface area contributed by atoms with Gasteiger partial charge in [-0.1, -0.05) is 39.8 Å². The molecule has 124 valence electrons. The molecule has 0 saturated carbocycles. The number of carboxylic acid groups (broad SMARTS) is 1. The van der Waals surface area contributed by atoms with Crippen molar-refractivity contribution in [3.63, 3.8) is 0 Å². The number of pyridine rings is 1. The van der Waals surface area contributed by atoms with Gasteiger partial charge in [0, 0.05) is 12.6 Å². The van der Waals surface area contributed by atoms with E-state index in [9.17, 15) is 9.59 Å². The van der Waals surface area contributed by atoms with Crippen LogP contribution in [0.15, 0.2) is 36.4 Å². The van der Waals surface area contributed by atoms with Crippen LogP contribution in [-0.4, -0.2) is 29.4 Å². The van der Waals surface area contributed by atoms with Crippen LogP contribution in [0.1, 0.15) is 48.4 Å². The van der Waals surface area contributed by atoms with Crippen molar-refractivity contribution in [1.82, 2.24) is 4.98 Å². The second kappa shape index (κ2) is 11.0. The van der Waals surface area contributed by atoms with Crippen molar-refractivity contribution < 1.29 is 14.7 Å². The summed E-state index contributed by atoms with van der Waals surface area (Å²) in [6, 6.07) is 9.81. The van der Waals surface area contributed by atoms with Crippen molar-refractivity contribution in [3.8, 4) is 11.3 Å².